The van der Waals surface area contributed by atoms with Crippen molar-refractivity contribution in [3.63, 3.8) is 0 Å². The number of benzene rings is 1. The van der Waals surface area contributed by atoms with E-state index in [0.29, 0.717) is 41.4 Å². The highest BCUT2D eigenvalue weighted by Crippen LogP contribution is 2.45. The lowest BCUT2D eigenvalue weighted by molar-refractivity contribution is -0.119. The zero-order valence-electron chi connectivity index (χ0n) is 25.5. The van der Waals surface area contributed by atoms with Gasteiger partial charge in [-0.2, -0.15) is 0 Å². The van der Waals surface area contributed by atoms with E-state index in [4.69, 9.17) is 21.6 Å². The van der Waals surface area contributed by atoms with E-state index in [1.54, 1.807) is 17.8 Å². The van der Waals surface area contributed by atoms with Crippen LogP contribution in [-0.4, -0.2) is 65.4 Å². The zero-order valence-corrected chi connectivity index (χ0v) is 27.0. The summed E-state index contributed by atoms with van der Waals surface area (Å²) in [6.07, 6.45) is 8.76. The van der Waals surface area contributed by atoms with Gasteiger partial charge in [0.25, 0.3) is 0 Å². The van der Waals surface area contributed by atoms with Crippen molar-refractivity contribution in [2.24, 2.45) is 9.98 Å². The van der Waals surface area contributed by atoms with Gasteiger partial charge >= 0.3 is 0 Å². The predicted molar refractivity (Wildman–Crippen MR) is 179 cm³/mol. The van der Waals surface area contributed by atoms with Gasteiger partial charge in [0.1, 0.15) is 29.6 Å². The number of aliphatic imine (C=N–C) groups is 2. The maximum atomic E-state index is 14.2. The summed E-state index contributed by atoms with van der Waals surface area (Å²) in [6, 6.07) is 4.16. The summed E-state index contributed by atoms with van der Waals surface area (Å²) < 4.78 is 28.0. The molecule has 1 aromatic rings. The molecule has 0 spiro atoms. The van der Waals surface area contributed by atoms with Crippen molar-refractivity contribution in [3.8, 4) is 0 Å². The van der Waals surface area contributed by atoms with Crippen molar-refractivity contribution in [2.75, 3.05) is 19.6 Å². The number of allylic oxidation sites excluding steroid dienone is 4. The summed E-state index contributed by atoms with van der Waals surface area (Å²) in [5, 5.41) is 9.50. The number of ketones is 1. The van der Waals surface area contributed by atoms with E-state index in [1.165, 1.54) is 25.1 Å². The number of rotatable bonds is 12. The number of fused-ring (bicyclic) bond motifs is 1. The quantitative estimate of drug-likeness (QED) is 0.190. The number of amidine groups is 1. The van der Waals surface area contributed by atoms with E-state index in [9.17, 15) is 13.6 Å². The normalized spacial score (nSPS) is 25.4. The number of hydrogen-bond acceptors (Lipinski definition) is 7. The molecule has 0 amide bonds. The van der Waals surface area contributed by atoms with Gasteiger partial charge in [-0.25, -0.2) is 13.8 Å². The Labute approximate surface area is 268 Å². The minimum atomic E-state index is -1.14. The van der Waals surface area contributed by atoms with Crippen LogP contribution in [0.3, 0.4) is 0 Å². The van der Waals surface area contributed by atoms with E-state index < -0.39 is 18.0 Å². The van der Waals surface area contributed by atoms with Crippen LogP contribution in [0.4, 0.5) is 8.78 Å². The highest BCUT2D eigenvalue weighted by Gasteiger charge is 2.42. The van der Waals surface area contributed by atoms with Gasteiger partial charge in [0.05, 0.1) is 16.7 Å². The van der Waals surface area contributed by atoms with Crippen molar-refractivity contribution in [2.45, 2.75) is 76.0 Å². The fraction of sp³-hybridized carbons (Fsp3) is 0.441. The Balaban J connectivity index is 1.50. The topological polar surface area (TPSA) is 69.1 Å². The van der Waals surface area contributed by atoms with Crippen molar-refractivity contribution in [1.82, 2.24) is 15.5 Å². The highest BCUT2D eigenvalue weighted by atomic mass is 35.5. The Kier molecular flexibility index (Phi) is 10.7. The van der Waals surface area contributed by atoms with Crippen LogP contribution in [-0.2, 0) is 4.79 Å². The molecule has 0 aliphatic carbocycles. The summed E-state index contributed by atoms with van der Waals surface area (Å²) >= 11 is 8.36. The van der Waals surface area contributed by atoms with Gasteiger partial charge in [0, 0.05) is 72.8 Å². The zero-order chi connectivity index (χ0) is 31.4. The Morgan fingerprint density at radius 3 is 2.84 bits per heavy atom. The lowest BCUT2D eigenvalue weighted by Gasteiger charge is -2.37. The van der Waals surface area contributed by atoms with E-state index in [-0.39, 0.29) is 23.1 Å². The lowest BCUT2D eigenvalue weighted by Crippen LogP contribution is -2.43. The first-order valence-corrected chi connectivity index (χ1v) is 16.6. The van der Waals surface area contributed by atoms with Crippen molar-refractivity contribution in [1.29, 1.82) is 0 Å². The molecule has 0 aromatic heterocycles. The van der Waals surface area contributed by atoms with Crippen molar-refractivity contribution in [3.05, 3.63) is 93.4 Å². The molecule has 4 heterocycles. The molecule has 5 atom stereocenters. The minimum absolute atomic E-state index is 0.0421. The summed E-state index contributed by atoms with van der Waals surface area (Å²) in [5.41, 5.74) is 5.00. The molecule has 5 rings (SSSR count). The second-order valence-corrected chi connectivity index (χ2v) is 13.1. The number of thioether (sulfide) groups is 1. The van der Waals surface area contributed by atoms with E-state index in [2.05, 4.69) is 33.6 Å². The molecule has 234 valence electrons. The Bertz CT molecular complexity index is 1480. The highest BCUT2D eigenvalue weighted by molar-refractivity contribution is 8.03. The van der Waals surface area contributed by atoms with Crippen LogP contribution in [0.5, 0.6) is 0 Å². The number of alkyl halides is 1. The average Bonchev–Trinajstić information content (AvgIpc) is 3.61. The van der Waals surface area contributed by atoms with Crippen LogP contribution in [0.1, 0.15) is 58.1 Å². The molecule has 10 heteroatoms. The summed E-state index contributed by atoms with van der Waals surface area (Å²) in [7, 11) is 0. The Hall–Kier alpha value is -2.85. The molecule has 4 aliphatic rings. The Morgan fingerprint density at radius 2 is 2.11 bits per heavy atom. The van der Waals surface area contributed by atoms with E-state index in [0.717, 1.165) is 48.6 Å². The smallest absolute Gasteiger partial charge is 0.134 e. The van der Waals surface area contributed by atoms with Crippen LogP contribution >= 0.6 is 23.4 Å². The van der Waals surface area contributed by atoms with Crippen LogP contribution in [0.25, 0.3) is 0 Å². The van der Waals surface area contributed by atoms with E-state index in [1.807, 2.05) is 26.0 Å². The summed E-state index contributed by atoms with van der Waals surface area (Å²) in [6.45, 7) is 12.0. The van der Waals surface area contributed by atoms with Crippen LogP contribution in [0.15, 0.2) is 87.0 Å². The second kappa shape index (κ2) is 14.5. The third-order valence-corrected chi connectivity index (χ3v) is 9.65. The van der Waals surface area contributed by atoms with Gasteiger partial charge in [-0.15, -0.1) is 11.8 Å². The second-order valence-electron chi connectivity index (χ2n) is 11.7. The Morgan fingerprint density at radius 1 is 1.30 bits per heavy atom. The molecule has 44 heavy (non-hydrogen) atoms. The monoisotopic (exact) mass is 639 g/mol. The maximum absolute atomic E-state index is 14.2. The van der Waals surface area contributed by atoms with Gasteiger partial charge in [0.2, 0.25) is 0 Å². The van der Waals surface area contributed by atoms with Gasteiger partial charge in [-0.05, 0) is 56.0 Å². The molecule has 0 saturated carbocycles. The molecule has 4 aliphatic heterocycles. The molecule has 6 nitrogen and oxygen atoms in total. The molecule has 0 radical (unpaired) electrons. The SMILES string of the molecule is C=C1CC=CSC1C1=N[C@@H](c2ccc(F)cc2Cl)C(C2=N/C(=C\C(C)F)C=C2)=C2C[C@H](NCCNC(C)CC(=O)CC)CN12. The van der Waals surface area contributed by atoms with Crippen LogP contribution in [0, 0.1) is 5.82 Å². The summed E-state index contributed by atoms with van der Waals surface area (Å²) in [4.78, 5) is 24.3. The molecule has 0 bridgehead atoms. The van der Waals surface area contributed by atoms with Crippen molar-refractivity contribution < 1.29 is 13.6 Å². The number of halogens is 3. The standard InChI is InChI=1S/C34H40ClF2N5OS/c1-5-26(43)16-22(4)38-12-13-39-25-18-30-31(29-11-9-24(40-29)15-21(3)36)32(27-10-8-23(37)17-28(27)35)41-34(42(30)19-25)33-20(2)7-6-14-44-33/h6,8-11,14-15,17,21-22,25,32-33,38-39H,2,5,7,12-13,16,18-19H2,1,3-4H3/b24-15-/t21?,22?,25-,32-,33?/m0/s1. The largest absolute Gasteiger partial charge is 0.331 e. The molecule has 3 unspecified atom stereocenters. The molecule has 1 saturated heterocycles. The fourth-order valence-corrected chi connectivity index (χ4v) is 7.26. The number of hydrogen-bond donors (Lipinski definition) is 2. The molecule has 2 N–H and O–H groups in total. The first kappa shape index (κ1) is 32.5. The van der Waals surface area contributed by atoms with E-state index >= 15 is 0 Å². The van der Waals surface area contributed by atoms with Crippen molar-refractivity contribution >= 4 is 40.7 Å². The fourth-order valence-electron chi connectivity index (χ4n) is 6.02. The first-order valence-electron chi connectivity index (χ1n) is 15.3. The third kappa shape index (κ3) is 7.50. The van der Waals surface area contributed by atoms with Gasteiger partial charge in [0.15, 0.2) is 0 Å². The predicted octanol–water partition coefficient (Wildman–Crippen LogP) is 7.03. The number of Topliss-reactive ketones (excluding diaryl/α,β-unsaturated/α-hetero) is 1. The average molecular weight is 640 g/mol. The molecule has 1 fully saturated rings. The lowest BCUT2D eigenvalue weighted by atomic mass is 9.90. The first-order chi connectivity index (χ1) is 21.1. The maximum Gasteiger partial charge on any atom is 0.134 e. The molecule has 1 aromatic carbocycles. The van der Waals surface area contributed by atoms with Crippen LogP contribution in [0.2, 0.25) is 5.02 Å². The minimum Gasteiger partial charge on any atom is -0.331 e. The van der Waals surface area contributed by atoms with Gasteiger partial charge in [-0.3, -0.25) is 9.79 Å². The molecular formula is C34H40ClF2N5OS. The number of carbonyl (C=O) groups excluding carboxylic acids is 1. The van der Waals surface area contributed by atoms with Gasteiger partial charge < -0.3 is 15.5 Å². The number of nitrogens with zero attached hydrogens (tertiary/aromatic N) is 3. The number of carbonyl (C=O) groups is 1. The third-order valence-electron chi connectivity index (χ3n) is 8.16. The summed E-state index contributed by atoms with van der Waals surface area (Å²) in [5.74, 6) is 0.745. The van der Waals surface area contributed by atoms with Crippen LogP contribution < -0.4 is 10.6 Å². The number of nitrogens with one attached hydrogen (secondary N) is 2. The molecular weight excluding hydrogens is 600 g/mol. The van der Waals surface area contributed by atoms with Gasteiger partial charge in [-0.1, -0.05) is 42.8 Å².